The van der Waals surface area contributed by atoms with E-state index in [1.807, 2.05) is 23.0 Å². The zero-order valence-corrected chi connectivity index (χ0v) is 15.2. The van der Waals surface area contributed by atoms with Crippen molar-refractivity contribution in [3.05, 3.63) is 88.2 Å². The van der Waals surface area contributed by atoms with Gasteiger partial charge in [0.1, 0.15) is 12.4 Å². The Labute approximate surface area is 161 Å². The summed E-state index contributed by atoms with van der Waals surface area (Å²) in [6.07, 6.45) is 4.40. The Hall–Kier alpha value is -3.68. The molecule has 0 radical (unpaired) electrons. The summed E-state index contributed by atoms with van der Waals surface area (Å²) in [5.74, 6) is 0.386. The van der Waals surface area contributed by atoms with E-state index in [4.69, 9.17) is 4.74 Å². The van der Waals surface area contributed by atoms with Crippen LogP contribution in [0.5, 0.6) is 5.75 Å². The molecule has 0 aliphatic rings. The molecule has 0 saturated carbocycles. The molecule has 1 aromatic heterocycles. The van der Waals surface area contributed by atoms with Crippen molar-refractivity contribution in [3.8, 4) is 5.75 Å². The van der Waals surface area contributed by atoms with Crippen molar-refractivity contribution in [3.63, 3.8) is 0 Å². The van der Waals surface area contributed by atoms with E-state index in [-0.39, 0.29) is 18.2 Å². The maximum Gasteiger partial charge on any atom is 0.269 e. The number of hydrogen-bond donors (Lipinski definition) is 1. The third-order valence-corrected chi connectivity index (χ3v) is 4.05. The number of carbonyl (C=O) groups excluding carboxylic acids is 1. The van der Waals surface area contributed by atoms with Gasteiger partial charge in [-0.2, -0.15) is 5.10 Å². The fourth-order valence-electron chi connectivity index (χ4n) is 2.61. The molecule has 3 rings (SSSR count). The van der Waals surface area contributed by atoms with Crippen LogP contribution < -0.4 is 10.1 Å². The summed E-state index contributed by atoms with van der Waals surface area (Å²) in [4.78, 5) is 22.5. The number of aryl methyl sites for hydroxylation is 1. The van der Waals surface area contributed by atoms with Gasteiger partial charge in [0, 0.05) is 43.2 Å². The van der Waals surface area contributed by atoms with Crippen molar-refractivity contribution >= 4 is 11.6 Å². The molecule has 144 valence electrons. The van der Waals surface area contributed by atoms with Gasteiger partial charge in [-0.05, 0) is 42.3 Å². The summed E-state index contributed by atoms with van der Waals surface area (Å²) in [7, 11) is 0. The van der Waals surface area contributed by atoms with Gasteiger partial charge in [0.15, 0.2) is 0 Å². The molecule has 0 aliphatic heterocycles. The van der Waals surface area contributed by atoms with Gasteiger partial charge < -0.3 is 10.1 Å². The number of hydrogen-bond acceptors (Lipinski definition) is 5. The lowest BCUT2D eigenvalue weighted by molar-refractivity contribution is -0.384. The Morgan fingerprint density at radius 1 is 1.18 bits per heavy atom. The summed E-state index contributed by atoms with van der Waals surface area (Å²) < 4.78 is 7.46. The Balaban J connectivity index is 1.48. The first kappa shape index (κ1) is 19.1. The minimum absolute atomic E-state index is 0.0126. The van der Waals surface area contributed by atoms with Crippen LogP contribution in [0.1, 0.15) is 22.3 Å². The molecule has 8 heteroatoms. The minimum Gasteiger partial charge on any atom is -0.489 e. The van der Waals surface area contributed by atoms with E-state index in [0.29, 0.717) is 17.9 Å². The average Bonchev–Trinajstić information content (AvgIpc) is 3.23. The number of rotatable bonds is 9. The number of carbonyl (C=O) groups is 1. The molecule has 8 nitrogen and oxygen atoms in total. The van der Waals surface area contributed by atoms with Gasteiger partial charge in [-0.3, -0.25) is 19.6 Å². The Bertz CT molecular complexity index is 924. The first-order valence-electron chi connectivity index (χ1n) is 8.83. The number of benzene rings is 2. The van der Waals surface area contributed by atoms with E-state index in [9.17, 15) is 14.9 Å². The molecule has 0 aliphatic carbocycles. The topological polar surface area (TPSA) is 99.3 Å². The molecule has 2 aromatic carbocycles. The van der Waals surface area contributed by atoms with Crippen LogP contribution in [0.2, 0.25) is 0 Å². The SMILES string of the molecule is O=C(NCCCn1cccn1)c1cccc(COc2ccc([N+](=O)[O-])cc2)c1. The fourth-order valence-corrected chi connectivity index (χ4v) is 2.61. The van der Waals surface area contributed by atoms with Crippen molar-refractivity contribution in [2.45, 2.75) is 19.6 Å². The smallest absolute Gasteiger partial charge is 0.269 e. The van der Waals surface area contributed by atoms with E-state index in [0.717, 1.165) is 18.5 Å². The molecule has 0 saturated heterocycles. The molecule has 0 fully saturated rings. The highest BCUT2D eigenvalue weighted by molar-refractivity contribution is 5.94. The minimum atomic E-state index is -0.457. The maximum absolute atomic E-state index is 12.3. The van der Waals surface area contributed by atoms with Crippen LogP contribution >= 0.6 is 0 Å². The highest BCUT2D eigenvalue weighted by Crippen LogP contribution is 2.18. The molecule has 1 heterocycles. The van der Waals surface area contributed by atoms with Gasteiger partial charge in [-0.1, -0.05) is 12.1 Å². The van der Waals surface area contributed by atoms with Gasteiger partial charge in [-0.15, -0.1) is 0 Å². The second-order valence-corrected chi connectivity index (χ2v) is 6.12. The highest BCUT2D eigenvalue weighted by atomic mass is 16.6. The first-order valence-corrected chi connectivity index (χ1v) is 8.83. The van der Waals surface area contributed by atoms with Crippen LogP contribution in [0.15, 0.2) is 67.0 Å². The van der Waals surface area contributed by atoms with Crippen molar-refractivity contribution < 1.29 is 14.5 Å². The lowest BCUT2D eigenvalue weighted by atomic mass is 10.1. The zero-order valence-electron chi connectivity index (χ0n) is 15.2. The average molecular weight is 380 g/mol. The number of nitro benzene ring substituents is 1. The summed E-state index contributed by atoms with van der Waals surface area (Å²) in [6.45, 7) is 1.57. The number of nitrogens with one attached hydrogen (secondary N) is 1. The van der Waals surface area contributed by atoms with Gasteiger partial charge in [-0.25, -0.2) is 0 Å². The molecule has 1 N–H and O–H groups in total. The van der Waals surface area contributed by atoms with Gasteiger partial charge in [0.05, 0.1) is 4.92 Å². The van der Waals surface area contributed by atoms with Crippen molar-refractivity contribution in [1.29, 1.82) is 0 Å². The summed E-state index contributed by atoms with van der Waals surface area (Å²) in [5.41, 5.74) is 1.41. The third-order valence-electron chi connectivity index (χ3n) is 4.05. The molecule has 0 unspecified atom stereocenters. The van der Waals surface area contributed by atoms with Crippen molar-refractivity contribution in [1.82, 2.24) is 15.1 Å². The third kappa shape index (κ3) is 5.41. The zero-order chi connectivity index (χ0) is 19.8. The van der Waals surface area contributed by atoms with Crippen LogP contribution in [0, 0.1) is 10.1 Å². The van der Waals surface area contributed by atoms with Crippen LogP contribution in [-0.2, 0) is 13.2 Å². The fraction of sp³-hybridized carbons (Fsp3) is 0.200. The number of amides is 1. The standard InChI is InChI=1S/C20H20N4O4/c25-20(21-10-2-12-23-13-3-11-22-23)17-5-1-4-16(14-17)15-28-19-8-6-18(7-9-19)24(26)27/h1,3-9,11,13-14H,2,10,12,15H2,(H,21,25). The number of nitrogens with zero attached hydrogens (tertiary/aromatic N) is 3. The second kappa shape index (κ2) is 9.31. The number of aromatic nitrogens is 2. The normalized spacial score (nSPS) is 10.4. The predicted molar refractivity (Wildman–Crippen MR) is 103 cm³/mol. The molecule has 0 bridgehead atoms. The second-order valence-electron chi connectivity index (χ2n) is 6.12. The van der Waals surface area contributed by atoms with Crippen molar-refractivity contribution in [2.24, 2.45) is 0 Å². The Kier molecular flexibility index (Phi) is 6.35. The number of non-ortho nitro benzene ring substituents is 1. The van der Waals surface area contributed by atoms with Gasteiger partial charge in [0.25, 0.3) is 11.6 Å². The predicted octanol–water partition coefficient (Wildman–Crippen LogP) is 3.19. The number of nitro groups is 1. The molecular formula is C20H20N4O4. The molecule has 0 spiro atoms. The van der Waals surface area contributed by atoms with Crippen LogP contribution in [0.4, 0.5) is 5.69 Å². The molecular weight excluding hydrogens is 360 g/mol. The Morgan fingerprint density at radius 3 is 2.71 bits per heavy atom. The molecule has 3 aromatic rings. The van der Waals surface area contributed by atoms with E-state index in [1.54, 1.807) is 36.5 Å². The van der Waals surface area contributed by atoms with Crippen LogP contribution in [-0.4, -0.2) is 27.2 Å². The molecule has 28 heavy (non-hydrogen) atoms. The largest absolute Gasteiger partial charge is 0.489 e. The summed E-state index contributed by atoms with van der Waals surface area (Å²) >= 11 is 0. The monoisotopic (exact) mass is 380 g/mol. The summed E-state index contributed by atoms with van der Waals surface area (Å²) in [5, 5.41) is 17.7. The molecule has 1 amide bonds. The van der Waals surface area contributed by atoms with E-state index < -0.39 is 4.92 Å². The summed E-state index contributed by atoms with van der Waals surface area (Å²) in [6, 6.07) is 14.9. The maximum atomic E-state index is 12.3. The Morgan fingerprint density at radius 2 is 2.00 bits per heavy atom. The highest BCUT2D eigenvalue weighted by Gasteiger charge is 2.07. The van der Waals surface area contributed by atoms with Gasteiger partial charge in [0.2, 0.25) is 0 Å². The van der Waals surface area contributed by atoms with Gasteiger partial charge >= 0.3 is 0 Å². The lowest BCUT2D eigenvalue weighted by Gasteiger charge is -2.09. The molecule has 0 atom stereocenters. The van der Waals surface area contributed by atoms with Crippen molar-refractivity contribution in [2.75, 3.05) is 6.54 Å². The van der Waals surface area contributed by atoms with Crippen LogP contribution in [0.3, 0.4) is 0 Å². The number of ether oxygens (including phenoxy) is 1. The van der Waals surface area contributed by atoms with E-state index in [2.05, 4.69) is 10.4 Å². The van der Waals surface area contributed by atoms with E-state index >= 15 is 0 Å². The lowest BCUT2D eigenvalue weighted by Crippen LogP contribution is -2.25. The van der Waals surface area contributed by atoms with Crippen LogP contribution in [0.25, 0.3) is 0 Å². The quantitative estimate of drug-likeness (QED) is 0.349. The van der Waals surface area contributed by atoms with E-state index in [1.165, 1.54) is 12.1 Å². The first-order chi connectivity index (χ1) is 13.6.